The van der Waals surface area contributed by atoms with Crippen LogP contribution in [0.15, 0.2) is 11.6 Å². The molecule has 1 heteroatoms. The predicted octanol–water partition coefficient (Wildman–Crippen LogP) is 0.0276. The van der Waals surface area contributed by atoms with E-state index in [4.69, 9.17) is 5.73 Å². The maximum Gasteiger partial charge on any atom is 0.0598 e. The monoisotopic (exact) mass is 67.0 g/mol. The molecule has 2 N–H and O–H groups in total. The molecule has 0 spiro atoms. The van der Waals surface area contributed by atoms with E-state index < -0.39 is 0 Å². The molecule has 2 aliphatic rings. The standard InChI is InChI=1S/C4H5N/c5-4-1-3(4)2-4/h1H,2,5H2/t4-/m0/s1. The van der Waals surface area contributed by atoms with Crippen LogP contribution in [0.1, 0.15) is 6.42 Å². The molecule has 0 aromatic heterocycles. The molecule has 1 fully saturated rings. The summed E-state index contributed by atoms with van der Waals surface area (Å²) in [5.74, 6) is 0. The van der Waals surface area contributed by atoms with Crippen LogP contribution < -0.4 is 5.73 Å². The van der Waals surface area contributed by atoms with Crippen molar-refractivity contribution in [3.05, 3.63) is 11.6 Å². The van der Waals surface area contributed by atoms with Crippen molar-refractivity contribution in [3.8, 4) is 0 Å². The van der Waals surface area contributed by atoms with Gasteiger partial charge in [0.05, 0.1) is 5.54 Å². The van der Waals surface area contributed by atoms with Crippen LogP contribution in [-0.2, 0) is 0 Å². The Kier molecular flexibility index (Phi) is 0.0933. The van der Waals surface area contributed by atoms with Gasteiger partial charge in [0.15, 0.2) is 0 Å². The number of fused-ring (bicyclic) bond motifs is 1. The van der Waals surface area contributed by atoms with Crippen LogP contribution in [0.3, 0.4) is 0 Å². The first kappa shape index (κ1) is 1.98. The van der Waals surface area contributed by atoms with Gasteiger partial charge in [-0.05, 0) is 12.0 Å². The summed E-state index contributed by atoms with van der Waals surface area (Å²) in [6.45, 7) is 0. The minimum absolute atomic E-state index is 0.208. The molecule has 0 unspecified atom stereocenters. The predicted molar refractivity (Wildman–Crippen MR) is 19.6 cm³/mol. The zero-order valence-electron chi connectivity index (χ0n) is 2.86. The van der Waals surface area contributed by atoms with Crippen molar-refractivity contribution in [2.75, 3.05) is 0 Å². The first-order valence-corrected chi connectivity index (χ1v) is 1.82. The van der Waals surface area contributed by atoms with Crippen LogP contribution in [0.5, 0.6) is 0 Å². The minimum atomic E-state index is 0.208. The Bertz CT molecular complexity index is 115. The summed E-state index contributed by atoms with van der Waals surface area (Å²) in [6, 6.07) is 0. The molecule has 0 aliphatic heterocycles. The van der Waals surface area contributed by atoms with E-state index in [9.17, 15) is 0 Å². The molecule has 0 aromatic rings. The van der Waals surface area contributed by atoms with Crippen molar-refractivity contribution < 1.29 is 0 Å². The summed E-state index contributed by atoms with van der Waals surface area (Å²) >= 11 is 0. The molecule has 0 heterocycles. The molecular weight excluding hydrogens is 62.1 g/mol. The van der Waals surface area contributed by atoms with Crippen LogP contribution in [-0.4, -0.2) is 5.54 Å². The van der Waals surface area contributed by atoms with E-state index >= 15 is 0 Å². The van der Waals surface area contributed by atoms with Crippen LogP contribution in [0, 0.1) is 0 Å². The lowest BCUT2D eigenvalue weighted by atomic mass is 10.4. The van der Waals surface area contributed by atoms with Gasteiger partial charge in [0.1, 0.15) is 0 Å². The van der Waals surface area contributed by atoms with Crippen molar-refractivity contribution >= 4 is 0 Å². The zero-order chi connectivity index (χ0) is 3.49. The highest BCUT2D eigenvalue weighted by molar-refractivity contribution is 5.61. The summed E-state index contributed by atoms with van der Waals surface area (Å²) < 4.78 is 0. The van der Waals surface area contributed by atoms with Crippen molar-refractivity contribution in [3.63, 3.8) is 0 Å². The van der Waals surface area contributed by atoms with Gasteiger partial charge in [0, 0.05) is 0 Å². The van der Waals surface area contributed by atoms with E-state index in [0.29, 0.717) is 0 Å². The summed E-state index contributed by atoms with van der Waals surface area (Å²) in [6.07, 6.45) is 3.29. The Morgan fingerprint density at radius 3 is 2.20 bits per heavy atom. The van der Waals surface area contributed by atoms with Crippen LogP contribution in [0.2, 0.25) is 0 Å². The molecule has 0 radical (unpaired) electrons. The highest BCUT2D eigenvalue weighted by Gasteiger charge is 2.55. The first-order valence-electron chi connectivity index (χ1n) is 1.82. The Hall–Kier alpha value is -0.300. The Morgan fingerprint density at radius 2 is 2.20 bits per heavy atom. The summed E-state index contributed by atoms with van der Waals surface area (Å²) in [7, 11) is 0. The molecular formula is C4H5N. The fourth-order valence-corrected chi connectivity index (χ4v) is 0.517. The lowest BCUT2D eigenvalue weighted by molar-refractivity contribution is 0.942. The smallest absolute Gasteiger partial charge is 0.0598 e. The largest absolute Gasteiger partial charge is 0.318 e. The molecule has 1 saturated carbocycles. The lowest BCUT2D eigenvalue weighted by Gasteiger charge is -1.77. The van der Waals surface area contributed by atoms with Gasteiger partial charge in [-0.25, -0.2) is 0 Å². The summed E-state index contributed by atoms with van der Waals surface area (Å²) in [4.78, 5) is 0. The third kappa shape index (κ3) is 0.0781. The number of hydrogen-bond donors (Lipinski definition) is 1. The quantitative estimate of drug-likeness (QED) is 0.397. The molecule has 1 nitrogen and oxygen atoms in total. The fourth-order valence-electron chi connectivity index (χ4n) is 0.517. The first-order chi connectivity index (χ1) is 2.31. The van der Waals surface area contributed by atoms with Gasteiger partial charge in [0.25, 0.3) is 0 Å². The molecule has 1 atom stereocenters. The zero-order valence-corrected chi connectivity index (χ0v) is 2.86. The van der Waals surface area contributed by atoms with Gasteiger partial charge >= 0.3 is 0 Å². The average Bonchev–Trinajstić information content (AvgIpc) is 1.74. The van der Waals surface area contributed by atoms with E-state index in [1.54, 1.807) is 0 Å². The van der Waals surface area contributed by atoms with E-state index in [2.05, 4.69) is 6.08 Å². The number of rotatable bonds is 0. The van der Waals surface area contributed by atoms with Crippen molar-refractivity contribution in [2.24, 2.45) is 5.73 Å². The van der Waals surface area contributed by atoms with Crippen molar-refractivity contribution in [1.82, 2.24) is 0 Å². The normalized spacial score (nSPS) is 54.2. The van der Waals surface area contributed by atoms with E-state index in [1.165, 1.54) is 12.0 Å². The number of nitrogens with two attached hydrogens (primary N) is 1. The highest BCUT2D eigenvalue weighted by Crippen LogP contribution is 2.55. The third-order valence-electron chi connectivity index (χ3n) is 1.30. The number of hydrogen-bond acceptors (Lipinski definition) is 1. The van der Waals surface area contributed by atoms with Gasteiger partial charge in [-0.2, -0.15) is 0 Å². The second kappa shape index (κ2) is 0.236. The average molecular weight is 67.1 g/mol. The maximum absolute atomic E-state index is 5.45. The second-order valence-electron chi connectivity index (χ2n) is 1.89. The van der Waals surface area contributed by atoms with E-state index in [1.807, 2.05) is 0 Å². The second-order valence-corrected chi connectivity index (χ2v) is 1.89. The SMILES string of the molecule is N[C@]12C=C1C2. The molecule has 26 valence electrons. The van der Waals surface area contributed by atoms with Gasteiger partial charge < -0.3 is 5.73 Å². The van der Waals surface area contributed by atoms with Gasteiger partial charge in [-0.1, -0.05) is 6.08 Å². The Labute approximate surface area is 30.5 Å². The van der Waals surface area contributed by atoms with Gasteiger partial charge in [-0.3, -0.25) is 0 Å². The van der Waals surface area contributed by atoms with E-state index in [0.717, 1.165) is 0 Å². The molecule has 0 amide bonds. The van der Waals surface area contributed by atoms with E-state index in [-0.39, 0.29) is 5.54 Å². The van der Waals surface area contributed by atoms with Crippen LogP contribution in [0.25, 0.3) is 0 Å². The van der Waals surface area contributed by atoms with Crippen molar-refractivity contribution in [1.29, 1.82) is 0 Å². The van der Waals surface area contributed by atoms with Crippen molar-refractivity contribution in [2.45, 2.75) is 12.0 Å². The summed E-state index contributed by atoms with van der Waals surface area (Å²) in [5, 5.41) is 0. The molecule has 0 saturated heterocycles. The molecule has 0 bridgehead atoms. The summed E-state index contributed by atoms with van der Waals surface area (Å²) in [5.41, 5.74) is 7.12. The van der Waals surface area contributed by atoms with Gasteiger partial charge in [0.2, 0.25) is 0 Å². The Morgan fingerprint density at radius 1 is 2.00 bits per heavy atom. The van der Waals surface area contributed by atoms with Crippen LogP contribution in [0.4, 0.5) is 0 Å². The Balaban J connectivity index is 2.55. The molecule has 5 heavy (non-hydrogen) atoms. The lowest BCUT2D eigenvalue weighted by Crippen LogP contribution is -2.08. The molecule has 2 rings (SSSR count). The third-order valence-corrected chi connectivity index (χ3v) is 1.30. The molecule has 2 aliphatic carbocycles. The fraction of sp³-hybridized carbons (Fsp3) is 0.500. The van der Waals surface area contributed by atoms with Crippen LogP contribution >= 0.6 is 0 Å². The highest BCUT2D eigenvalue weighted by atomic mass is 14.9. The van der Waals surface area contributed by atoms with Gasteiger partial charge in [-0.15, -0.1) is 0 Å². The topological polar surface area (TPSA) is 26.0 Å². The maximum atomic E-state index is 5.45. The molecule has 0 aromatic carbocycles. The minimum Gasteiger partial charge on any atom is -0.318 e.